The number of esters is 1. The van der Waals surface area contributed by atoms with Crippen molar-refractivity contribution in [2.75, 3.05) is 6.61 Å². The Labute approximate surface area is 92.6 Å². The third kappa shape index (κ3) is 2.02. The minimum atomic E-state index is -0.419. The molecule has 0 fully saturated rings. The van der Waals surface area contributed by atoms with Crippen molar-refractivity contribution < 1.29 is 13.9 Å². The molecule has 0 spiro atoms. The summed E-state index contributed by atoms with van der Waals surface area (Å²) in [5.41, 5.74) is 0.974. The van der Waals surface area contributed by atoms with Crippen LogP contribution in [0, 0.1) is 0 Å². The third-order valence-corrected chi connectivity index (χ3v) is 2.46. The molecular formula is C10H11NO3S. The molecule has 2 rings (SSSR count). The van der Waals surface area contributed by atoms with Crippen LogP contribution < -0.4 is 5.32 Å². The first-order valence-electron chi connectivity index (χ1n) is 4.76. The molecule has 2 heterocycles. The van der Waals surface area contributed by atoms with E-state index in [0.29, 0.717) is 19.6 Å². The van der Waals surface area contributed by atoms with Crippen LogP contribution in [-0.2, 0) is 17.7 Å². The van der Waals surface area contributed by atoms with Crippen molar-refractivity contribution in [1.29, 1.82) is 0 Å². The van der Waals surface area contributed by atoms with Gasteiger partial charge in [-0.05, 0) is 13.0 Å². The highest BCUT2D eigenvalue weighted by molar-refractivity contribution is 7.80. The van der Waals surface area contributed by atoms with Crippen LogP contribution >= 0.6 is 12.2 Å². The van der Waals surface area contributed by atoms with Crippen molar-refractivity contribution in [3.63, 3.8) is 0 Å². The summed E-state index contributed by atoms with van der Waals surface area (Å²) in [7, 11) is 0. The Balaban J connectivity index is 2.22. The first kappa shape index (κ1) is 10.2. The van der Waals surface area contributed by atoms with Crippen LogP contribution in [0.1, 0.15) is 28.8 Å². The highest BCUT2D eigenvalue weighted by Gasteiger charge is 2.21. The highest BCUT2D eigenvalue weighted by Crippen LogP contribution is 2.20. The molecule has 0 radical (unpaired) electrons. The summed E-state index contributed by atoms with van der Waals surface area (Å²) in [6.07, 6.45) is 0.633. The van der Waals surface area contributed by atoms with E-state index < -0.39 is 5.97 Å². The Morgan fingerprint density at radius 3 is 3.27 bits per heavy atom. The molecule has 1 aliphatic heterocycles. The maximum absolute atomic E-state index is 11.4. The molecule has 4 nitrogen and oxygen atoms in total. The molecule has 0 atom stereocenters. The fraction of sp³-hybridized carbons (Fsp3) is 0.400. The number of hydrogen-bond acceptors (Lipinski definition) is 4. The van der Waals surface area contributed by atoms with E-state index in [0.717, 1.165) is 16.3 Å². The zero-order chi connectivity index (χ0) is 10.8. The minimum absolute atomic E-state index is 0.258. The normalized spacial score (nSPS) is 14.3. The number of thiocarbonyl (C=S) groups is 1. The fourth-order valence-corrected chi connectivity index (χ4v) is 1.71. The van der Waals surface area contributed by atoms with Crippen LogP contribution in [0.25, 0.3) is 0 Å². The van der Waals surface area contributed by atoms with E-state index in [1.54, 1.807) is 13.0 Å². The summed E-state index contributed by atoms with van der Waals surface area (Å²) in [5, 5.41) is 3.01. The van der Waals surface area contributed by atoms with Crippen molar-refractivity contribution in [2.24, 2.45) is 0 Å². The smallest absolute Gasteiger partial charge is 0.374 e. The fourth-order valence-electron chi connectivity index (χ4n) is 1.48. The van der Waals surface area contributed by atoms with Gasteiger partial charge in [0.05, 0.1) is 18.1 Å². The molecule has 0 amide bonds. The highest BCUT2D eigenvalue weighted by atomic mass is 32.1. The lowest BCUT2D eigenvalue weighted by Crippen LogP contribution is -2.27. The zero-order valence-electron chi connectivity index (χ0n) is 8.33. The van der Waals surface area contributed by atoms with Crippen LogP contribution in [0.2, 0.25) is 0 Å². The maximum Gasteiger partial charge on any atom is 0.374 e. The molecule has 0 saturated heterocycles. The van der Waals surface area contributed by atoms with Crippen molar-refractivity contribution >= 4 is 23.2 Å². The van der Waals surface area contributed by atoms with Gasteiger partial charge in [-0.2, -0.15) is 0 Å². The van der Waals surface area contributed by atoms with E-state index in [-0.39, 0.29) is 5.76 Å². The Hall–Kier alpha value is -1.36. The molecule has 1 aromatic heterocycles. The monoisotopic (exact) mass is 225 g/mol. The Kier molecular flexibility index (Phi) is 2.73. The van der Waals surface area contributed by atoms with E-state index in [1.165, 1.54) is 0 Å². The van der Waals surface area contributed by atoms with Gasteiger partial charge >= 0.3 is 5.97 Å². The summed E-state index contributed by atoms with van der Waals surface area (Å²) >= 11 is 5.04. The van der Waals surface area contributed by atoms with Gasteiger partial charge in [0.2, 0.25) is 5.76 Å². The molecule has 15 heavy (non-hydrogen) atoms. The van der Waals surface area contributed by atoms with Crippen LogP contribution in [-0.4, -0.2) is 17.6 Å². The average molecular weight is 225 g/mol. The van der Waals surface area contributed by atoms with Gasteiger partial charge in [-0.25, -0.2) is 4.79 Å². The number of fused-ring (bicyclic) bond motifs is 1. The lowest BCUT2D eigenvalue weighted by atomic mass is 10.1. The number of carbonyl (C=O) groups is 1. The van der Waals surface area contributed by atoms with Gasteiger partial charge in [-0.15, -0.1) is 0 Å². The molecule has 0 saturated carbocycles. The summed E-state index contributed by atoms with van der Waals surface area (Å²) in [6, 6.07) is 1.71. The maximum atomic E-state index is 11.4. The Morgan fingerprint density at radius 2 is 2.53 bits per heavy atom. The van der Waals surface area contributed by atoms with E-state index in [2.05, 4.69) is 5.32 Å². The number of rotatable bonds is 2. The molecule has 1 aliphatic rings. The SMILES string of the molecule is CCOC(=O)c1cc2c(o1)CNC(=S)C2. The number of nitrogens with one attached hydrogen (secondary N) is 1. The van der Waals surface area contributed by atoms with E-state index in [1.807, 2.05) is 0 Å². The number of hydrogen-bond donors (Lipinski definition) is 1. The van der Waals surface area contributed by atoms with Crippen molar-refractivity contribution in [1.82, 2.24) is 5.32 Å². The molecule has 0 aromatic carbocycles. The zero-order valence-corrected chi connectivity index (χ0v) is 9.15. The molecule has 0 bridgehead atoms. The van der Waals surface area contributed by atoms with Gasteiger partial charge in [-0.3, -0.25) is 0 Å². The molecule has 1 N–H and O–H groups in total. The minimum Gasteiger partial charge on any atom is -0.460 e. The summed E-state index contributed by atoms with van der Waals surface area (Å²) in [4.78, 5) is 12.2. The lowest BCUT2D eigenvalue weighted by molar-refractivity contribution is 0.0488. The number of ether oxygens (including phenoxy) is 1. The van der Waals surface area contributed by atoms with Gasteiger partial charge in [0.1, 0.15) is 5.76 Å². The molecular weight excluding hydrogens is 214 g/mol. The average Bonchev–Trinajstić information content (AvgIpc) is 2.60. The topological polar surface area (TPSA) is 51.5 Å². The summed E-state index contributed by atoms with van der Waals surface area (Å²) < 4.78 is 10.2. The van der Waals surface area contributed by atoms with Crippen molar-refractivity contribution in [3.8, 4) is 0 Å². The second-order valence-electron chi connectivity index (χ2n) is 3.23. The van der Waals surface area contributed by atoms with E-state index in [4.69, 9.17) is 21.4 Å². The second-order valence-corrected chi connectivity index (χ2v) is 3.73. The van der Waals surface area contributed by atoms with Crippen molar-refractivity contribution in [2.45, 2.75) is 19.9 Å². The van der Waals surface area contributed by atoms with Crippen molar-refractivity contribution in [3.05, 3.63) is 23.2 Å². The number of furan rings is 1. The molecule has 80 valence electrons. The quantitative estimate of drug-likeness (QED) is 0.609. The summed E-state index contributed by atoms with van der Waals surface area (Å²) in [6.45, 7) is 2.66. The molecule has 5 heteroatoms. The Morgan fingerprint density at radius 1 is 1.73 bits per heavy atom. The van der Waals surface area contributed by atoms with E-state index in [9.17, 15) is 4.79 Å². The van der Waals surface area contributed by atoms with Crippen LogP contribution in [0.3, 0.4) is 0 Å². The van der Waals surface area contributed by atoms with E-state index >= 15 is 0 Å². The molecule has 0 unspecified atom stereocenters. The summed E-state index contributed by atoms with van der Waals surface area (Å²) in [5.74, 6) is 0.609. The van der Waals surface area contributed by atoms with Gasteiger partial charge in [0.15, 0.2) is 0 Å². The predicted octanol–water partition coefficient (Wildman–Crippen LogP) is 1.43. The van der Waals surface area contributed by atoms with Crippen LogP contribution in [0.4, 0.5) is 0 Å². The molecule has 1 aromatic rings. The van der Waals surface area contributed by atoms with Gasteiger partial charge in [-0.1, -0.05) is 12.2 Å². The third-order valence-electron chi connectivity index (χ3n) is 2.17. The first-order chi connectivity index (χ1) is 7.20. The number of carbonyl (C=O) groups excluding carboxylic acids is 1. The van der Waals surface area contributed by atoms with Gasteiger partial charge in [0.25, 0.3) is 0 Å². The standard InChI is InChI=1S/C10H11NO3S/c1-2-13-10(12)7-3-6-4-9(15)11-5-8(6)14-7/h3H,2,4-5H2,1H3,(H,11,15). The molecule has 0 aliphatic carbocycles. The predicted molar refractivity (Wildman–Crippen MR) is 57.8 cm³/mol. The van der Waals surface area contributed by atoms with Crippen LogP contribution in [0.15, 0.2) is 10.5 Å². The second kappa shape index (κ2) is 4.02. The lowest BCUT2D eigenvalue weighted by Gasteiger charge is -2.12. The Bertz CT molecular complexity index is 411. The van der Waals surface area contributed by atoms with Gasteiger partial charge < -0.3 is 14.5 Å². The van der Waals surface area contributed by atoms with Gasteiger partial charge in [0, 0.05) is 12.0 Å². The first-order valence-corrected chi connectivity index (χ1v) is 5.17. The largest absolute Gasteiger partial charge is 0.460 e. The van der Waals surface area contributed by atoms with Crippen LogP contribution in [0.5, 0.6) is 0 Å².